The van der Waals surface area contributed by atoms with Crippen molar-refractivity contribution in [2.45, 2.75) is 13.2 Å². The van der Waals surface area contributed by atoms with Crippen molar-refractivity contribution in [2.24, 2.45) is 0 Å². The molecule has 0 radical (unpaired) electrons. The minimum absolute atomic E-state index is 0.0889. The van der Waals surface area contributed by atoms with Crippen molar-refractivity contribution in [1.82, 2.24) is 0 Å². The van der Waals surface area contributed by atoms with Crippen LogP contribution in [-0.2, 0) is 9.53 Å². The van der Waals surface area contributed by atoms with Gasteiger partial charge in [-0.25, -0.2) is 0 Å². The normalized spacial score (nSPS) is 16.7. The fourth-order valence-corrected chi connectivity index (χ4v) is 3.42. The molecule has 4 nitrogen and oxygen atoms in total. The van der Waals surface area contributed by atoms with Gasteiger partial charge in [0.1, 0.15) is 11.5 Å². The highest BCUT2D eigenvalue weighted by atomic mass is 16.5. The van der Waals surface area contributed by atoms with Gasteiger partial charge in [-0.3, -0.25) is 9.69 Å². The number of allylic oxidation sites excluding steroid dienone is 1. The molecule has 140 valence electrons. The molecule has 4 heteroatoms. The predicted octanol–water partition coefficient (Wildman–Crippen LogP) is 5.19. The van der Waals surface area contributed by atoms with E-state index in [1.54, 1.807) is 12.0 Å². The number of hydrogen-bond acceptors (Lipinski definition) is 3. The quantitative estimate of drug-likeness (QED) is 0.634. The average Bonchev–Trinajstić information content (AvgIpc) is 2.75. The van der Waals surface area contributed by atoms with Crippen molar-refractivity contribution in [3.63, 3.8) is 0 Å². The monoisotopic (exact) mass is 371 g/mol. The summed E-state index contributed by atoms with van der Waals surface area (Å²) in [5.41, 5.74) is 3.08. The van der Waals surface area contributed by atoms with Crippen molar-refractivity contribution in [3.05, 3.63) is 102 Å². The number of carbonyl (C=O) groups is 1. The molecule has 28 heavy (non-hydrogen) atoms. The van der Waals surface area contributed by atoms with Crippen LogP contribution in [0.15, 0.2) is 90.7 Å². The van der Waals surface area contributed by atoms with Gasteiger partial charge < -0.3 is 9.47 Å². The number of carbonyl (C=O) groups excluding carboxylic acids is 1. The molecule has 3 aromatic carbocycles. The zero-order valence-electron chi connectivity index (χ0n) is 15.8. The Morgan fingerprint density at radius 2 is 1.46 bits per heavy atom. The number of amides is 1. The Morgan fingerprint density at radius 1 is 0.857 bits per heavy atom. The van der Waals surface area contributed by atoms with Gasteiger partial charge in [0.25, 0.3) is 5.91 Å². The topological polar surface area (TPSA) is 38.8 Å². The van der Waals surface area contributed by atoms with Gasteiger partial charge in [-0.1, -0.05) is 60.7 Å². The SMILES string of the molecule is COc1ccc(N2C(=O)C(c3ccccc3)=C(C)OC2c2ccccc2)cc1. The highest BCUT2D eigenvalue weighted by molar-refractivity contribution is 6.27. The maximum Gasteiger partial charge on any atom is 0.265 e. The number of hydrogen-bond donors (Lipinski definition) is 0. The molecule has 0 bridgehead atoms. The summed E-state index contributed by atoms with van der Waals surface area (Å²) < 4.78 is 11.5. The Hall–Kier alpha value is -3.53. The van der Waals surface area contributed by atoms with Crippen LogP contribution in [0.25, 0.3) is 5.57 Å². The van der Waals surface area contributed by atoms with Crippen LogP contribution >= 0.6 is 0 Å². The molecule has 0 fully saturated rings. The molecule has 4 rings (SSSR count). The van der Waals surface area contributed by atoms with Crippen molar-refractivity contribution in [3.8, 4) is 5.75 Å². The first-order chi connectivity index (χ1) is 13.7. The predicted molar refractivity (Wildman–Crippen MR) is 110 cm³/mol. The molecule has 1 atom stereocenters. The second kappa shape index (κ2) is 7.61. The summed E-state index contributed by atoms with van der Waals surface area (Å²) in [4.78, 5) is 15.3. The molecule has 1 aliphatic heterocycles. The Balaban J connectivity index is 1.84. The molecule has 1 amide bonds. The van der Waals surface area contributed by atoms with Crippen LogP contribution in [0.2, 0.25) is 0 Å². The van der Waals surface area contributed by atoms with Gasteiger partial charge >= 0.3 is 0 Å². The van der Waals surface area contributed by atoms with Gasteiger partial charge in [0.05, 0.1) is 12.7 Å². The van der Waals surface area contributed by atoms with E-state index in [-0.39, 0.29) is 5.91 Å². The molecule has 1 heterocycles. The van der Waals surface area contributed by atoms with Gasteiger partial charge in [-0.15, -0.1) is 0 Å². The highest BCUT2D eigenvalue weighted by Crippen LogP contribution is 2.39. The summed E-state index contributed by atoms with van der Waals surface area (Å²) in [6.07, 6.45) is -0.533. The minimum Gasteiger partial charge on any atom is -0.497 e. The molecule has 1 unspecified atom stereocenters. The minimum atomic E-state index is -0.533. The fourth-order valence-electron chi connectivity index (χ4n) is 3.42. The third-order valence-electron chi connectivity index (χ3n) is 4.81. The highest BCUT2D eigenvalue weighted by Gasteiger charge is 2.37. The smallest absolute Gasteiger partial charge is 0.265 e. The maximum absolute atomic E-state index is 13.6. The lowest BCUT2D eigenvalue weighted by Crippen LogP contribution is -2.40. The fraction of sp³-hybridized carbons (Fsp3) is 0.125. The van der Waals surface area contributed by atoms with Gasteiger partial charge in [-0.2, -0.15) is 0 Å². The number of benzene rings is 3. The summed E-state index contributed by atoms with van der Waals surface area (Å²) in [7, 11) is 1.62. The van der Waals surface area contributed by atoms with Gasteiger partial charge in [-0.05, 0) is 36.8 Å². The molecule has 0 aliphatic carbocycles. The summed E-state index contributed by atoms with van der Waals surface area (Å²) in [5.74, 6) is 1.27. The molecule has 0 saturated heterocycles. The van der Waals surface area contributed by atoms with E-state index in [0.717, 1.165) is 22.6 Å². The largest absolute Gasteiger partial charge is 0.497 e. The van der Waals surface area contributed by atoms with E-state index in [9.17, 15) is 4.79 Å². The summed E-state index contributed by atoms with van der Waals surface area (Å²) in [5, 5.41) is 0. The van der Waals surface area contributed by atoms with Crippen molar-refractivity contribution in [2.75, 3.05) is 12.0 Å². The summed E-state index contributed by atoms with van der Waals surface area (Å²) in [6.45, 7) is 1.85. The standard InChI is InChI=1S/C24H21NO3/c1-17-22(18-9-5-3-6-10-18)23(26)25(20-13-15-21(27-2)16-14-20)24(28-17)19-11-7-4-8-12-19/h3-16,24H,1-2H3. The zero-order chi connectivity index (χ0) is 19.5. The number of ether oxygens (including phenoxy) is 2. The molecular formula is C24H21NO3. The lowest BCUT2D eigenvalue weighted by atomic mass is 10.00. The third kappa shape index (κ3) is 3.25. The molecule has 0 spiro atoms. The third-order valence-corrected chi connectivity index (χ3v) is 4.81. The van der Waals surface area contributed by atoms with E-state index < -0.39 is 6.23 Å². The van der Waals surface area contributed by atoms with E-state index >= 15 is 0 Å². The molecular weight excluding hydrogens is 350 g/mol. The first kappa shape index (κ1) is 17.9. The van der Waals surface area contributed by atoms with E-state index in [1.165, 1.54) is 0 Å². The van der Waals surface area contributed by atoms with E-state index in [1.807, 2.05) is 91.9 Å². The number of rotatable bonds is 4. The van der Waals surface area contributed by atoms with Crippen LogP contribution in [0.4, 0.5) is 5.69 Å². The van der Waals surface area contributed by atoms with Crippen LogP contribution in [0, 0.1) is 0 Å². The first-order valence-corrected chi connectivity index (χ1v) is 9.14. The maximum atomic E-state index is 13.6. The second-order valence-electron chi connectivity index (χ2n) is 6.55. The molecule has 0 N–H and O–H groups in total. The van der Waals surface area contributed by atoms with Crippen LogP contribution in [0.3, 0.4) is 0 Å². The Morgan fingerprint density at radius 3 is 2.07 bits per heavy atom. The van der Waals surface area contributed by atoms with Crippen LogP contribution in [0.1, 0.15) is 24.3 Å². The summed E-state index contributed by atoms with van der Waals surface area (Å²) >= 11 is 0. The van der Waals surface area contributed by atoms with E-state index in [0.29, 0.717) is 11.3 Å². The zero-order valence-corrected chi connectivity index (χ0v) is 15.8. The Bertz CT molecular complexity index is 995. The van der Waals surface area contributed by atoms with Crippen molar-refractivity contribution < 1.29 is 14.3 Å². The molecule has 0 aromatic heterocycles. The number of nitrogens with zero attached hydrogens (tertiary/aromatic N) is 1. The van der Waals surface area contributed by atoms with Crippen LogP contribution in [-0.4, -0.2) is 13.0 Å². The molecule has 1 aliphatic rings. The summed E-state index contributed by atoms with van der Waals surface area (Å²) in [6, 6.07) is 26.8. The lowest BCUT2D eigenvalue weighted by Gasteiger charge is -2.37. The Labute approximate surface area is 164 Å². The van der Waals surface area contributed by atoms with Crippen molar-refractivity contribution in [1.29, 1.82) is 0 Å². The van der Waals surface area contributed by atoms with Gasteiger partial charge in [0, 0.05) is 11.3 Å². The van der Waals surface area contributed by atoms with Gasteiger partial charge in [0.15, 0.2) is 0 Å². The average molecular weight is 371 g/mol. The van der Waals surface area contributed by atoms with Crippen LogP contribution < -0.4 is 9.64 Å². The number of anilines is 1. The van der Waals surface area contributed by atoms with E-state index in [2.05, 4.69) is 0 Å². The van der Waals surface area contributed by atoms with Gasteiger partial charge in [0.2, 0.25) is 6.23 Å². The molecule has 0 saturated carbocycles. The second-order valence-corrected chi connectivity index (χ2v) is 6.55. The van der Waals surface area contributed by atoms with Crippen molar-refractivity contribution >= 4 is 17.2 Å². The number of methoxy groups -OCH3 is 1. The van der Waals surface area contributed by atoms with Crippen LogP contribution in [0.5, 0.6) is 5.75 Å². The van der Waals surface area contributed by atoms with E-state index in [4.69, 9.17) is 9.47 Å². The lowest BCUT2D eigenvalue weighted by molar-refractivity contribution is -0.117. The first-order valence-electron chi connectivity index (χ1n) is 9.14. The molecule has 3 aromatic rings. The Kier molecular flexibility index (Phi) is 4.85.